The first-order chi connectivity index (χ1) is 9.27. The molecule has 0 saturated heterocycles. The third-order valence-corrected chi connectivity index (χ3v) is 2.72. The molecule has 1 heterocycles. The number of nitrogen functional groups attached to an aromatic ring is 1. The van der Waals surface area contributed by atoms with Gasteiger partial charge in [0.25, 0.3) is 5.91 Å². The molecule has 8 heteroatoms. The second-order valence-electron chi connectivity index (χ2n) is 4.30. The van der Waals surface area contributed by atoms with Gasteiger partial charge in [-0.1, -0.05) is 0 Å². The maximum absolute atomic E-state index is 12.1. The van der Waals surface area contributed by atoms with Gasteiger partial charge in [0.2, 0.25) is 0 Å². The van der Waals surface area contributed by atoms with Gasteiger partial charge in [-0.25, -0.2) is 0 Å². The molecule has 20 heavy (non-hydrogen) atoms. The van der Waals surface area contributed by atoms with Gasteiger partial charge in [-0.2, -0.15) is 13.2 Å². The molecule has 2 aromatic rings. The van der Waals surface area contributed by atoms with E-state index in [9.17, 15) is 18.0 Å². The van der Waals surface area contributed by atoms with Gasteiger partial charge in [0.15, 0.2) is 6.10 Å². The zero-order chi connectivity index (χ0) is 14.9. The third-order valence-electron chi connectivity index (χ3n) is 2.72. The van der Waals surface area contributed by atoms with Gasteiger partial charge in [-0.3, -0.25) is 4.79 Å². The Labute approximate surface area is 111 Å². The van der Waals surface area contributed by atoms with E-state index in [4.69, 9.17) is 10.8 Å². The van der Waals surface area contributed by atoms with Gasteiger partial charge in [-0.15, -0.1) is 0 Å². The van der Waals surface area contributed by atoms with Crippen LogP contribution in [0.1, 0.15) is 10.5 Å². The van der Waals surface area contributed by atoms with E-state index in [0.29, 0.717) is 16.6 Å². The highest BCUT2D eigenvalue weighted by molar-refractivity contribution is 5.98. The summed E-state index contributed by atoms with van der Waals surface area (Å²) in [6, 6.07) is 6.40. The molecule has 0 aliphatic carbocycles. The summed E-state index contributed by atoms with van der Waals surface area (Å²) < 4.78 is 36.3. The van der Waals surface area contributed by atoms with Crippen molar-refractivity contribution in [3.05, 3.63) is 30.0 Å². The molecule has 2 rings (SSSR count). The van der Waals surface area contributed by atoms with Gasteiger partial charge >= 0.3 is 6.18 Å². The number of benzene rings is 1. The summed E-state index contributed by atoms with van der Waals surface area (Å²) in [5.74, 6) is -0.733. The summed E-state index contributed by atoms with van der Waals surface area (Å²) in [4.78, 5) is 14.4. The number of nitrogens with two attached hydrogens (primary N) is 1. The number of carbonyl (C=O) groups is 1. The molecule has 108 valence electrons. The van der Waals surface area contributed by atoms with Gasteiger partial charge < -0.3 is 21.1 Å². The number of aromatic amines is 1. The molecule has 1 unspecified atom stereocenters. The van der Waals surface area contributed by atoms with Crippen LogP contribution in [-0.4, -0.2) is 34.8 Å². The highest BCUT2D eigenvalue weighted by atomic mass is 19.4. The van der Waals surface area contributed by atoms with Gasteiger partial charge in [-0.05, 0) is 24.3 Å². The Kier molecular flexibility index (Phi) is 3.58. The zero-order valence-corrected chi connectivity index (χ0v) is 10.2. The Balaban J connectivity index is 2.08. The first-order valence-electron chi connectivity index (χ1n) is 5.68. The van der Waals surface area contributed by atoms with Crippen LogP contribution < -0.4 is 11.1 Å². The molecule has 1 aromatic carbocycles. The van der Waals surface area contributed by atoms with Gasteiger partial charge in [0, 0.05) is 16.6 Å². The van der Waals surface area contributed by atoms with Gasteiger partial charge in [0.1, 0.15) is 5.69 Å². The van der Waals surface area contributed by atoms with Crippen LogP contribution >= 0.6 is 0 Å². The molecule has 1 amide bonds. The number of aromatic nitrogens is 1. The van der Waals surface area contributed by atoms with Crippen molar-refractivity contribution in [3.63, 3.8) is 0 Å². The van der Waals surface area contributed by atoms with Crippen LogP contribution in [-0.2, 0) is 0 Å². The molecule has 0 bridgehead atoms. The second-order valence-corrected chi connectivity index (χ2v) is 4.30. The number of H-pyrrole nitrogens is 1. The minimum atomic E-state index is -4.76. The molecule has 0 radical (unpaired) electrons. The van der Waals surface area contributed by atoms with Crippen molar-refractivity contribution in [1.29, 1.82) is 0 Å². The molecule has 0 fully saturated rings. The fraction of sp³-hybridized carbons (Fsp3) is 0.250. The lowest BCUT2D eigenvalue weighted by atomic mass is 10.2. The summed E-state index contributed by atoms with van der Waals surface area (Å²) in [7, 11) is 0. The number of fused-ring (bicyclic) bond motifs is 1. The molecule has 0 aliphatic heterocycles. The molecular weight excluding hydrogens is 275 g/mol. The number of carbonyl (C=O) groups excluding carboxylic acids is 1. The number of alkyl halides is 3. The van der Waals surface area contributed by atoms with Crippen molar-refractivity contribution in [2.24, 2.45) is 0 Å². The average Bonchev–Trinajstić information content (AvgIpc) is 2.77. The summed E-state index contributed by atoms with van der Waals surface area (Å²) >= 11 is 0. The number of aliphatic hydroxyl groups is 1. The highest BCUT2D eigenvalue weighted by Gasteiger charge is 2.38. The minimum absolute atomic E-state index is 0.0972. The first kappa shape index (κ1) is 14.2. The minimum Gasteiger partial charge on any atom is -0.399 e. The lowest BCUT2D eigenvalue weighted by Crippen LogP contribution is -2.40. The molecule has 1 atom stereocenters. The third kappa shape index (κ3) is 3.02. The summed E-state index contributed by atoms with van der Waals surface area (Å²) in [5.41, 5.74) is 6.83. The van der Waals surface area contributed by atoms with E-state index >= 15 is 0 Å². The standard InChI is InChI=1S/C12H12F3N3O2/c13-12(14,15)10(19)5-17-11(20)9-4-6-3-7(16)1-2-8(6)18-9/h1-4,10,18-19H,5,16H2,(H,17,20). The van der Waals surface area contributed by atoms with Crippen molar-refractivity contribution < 1.29 is 23.1 Å². The molecule has 0 aliphatic rings. The van der Waals surface area contributed by atoms with Crippen LogP contribution in [0.25, 0.3) is 10.9 Å². The maximum atomic E-state index is 12.1. The second kappa shape index (κ2) is 5.04. The Morgan fingerprint density at radius 2 is 2.10 bits per heavy atom. The molecule has 5 nitrogen and oxygen atoms in total. The zero-order valence-electron chi connectivity index (χ0n) is 10.2. The Bertz CT molecular complexity index is 636. The number of halogens is 3. The van der Waals surface area contributed by atoms with Crippen LogP contribution in [0.3, 0.4) is 0 Å². The normalized spacial score (nSPS) is 13.4. The van der Waals surface area contributed by atoms with E-state index in [1.807, 2.05) is 5.32 Å². The monoisotopic (exact) mass is 287 g/mol. The smallest absolute Gasteiger partial charge is 0.399 e. The largest absolute Gasteiger partial charge is 0.416 e. The number of rotatable bonds is 3. The predicted molar refractivity (Wildman–Crippen MR) is 67.1 cm³/mol. The van der Waals surface area contributed by atoms with Crippen LogP contribution in [0.4, 0.5) is 18.9 Å². The van der Waals surface area contributed by atoms with Crippen LogP contribution in [0, 0.1) is 0 Å². The van der Waals surface area contributed by atoms with Crippen LogP contribution in [0.2, 0.25) is 0 Å². The van der Waals surface area contributed by atoms with Crippen molar-refractivity contribution in [1.82, 2.24) is 10.3 Å². The quantitative estimate of drug-likeness (QED) is 0.643. The fourth-order valence-electron chi connectivity index (χ4n) is 1.67. The van der Waals surface area contributed by atoms with E-state index in [1.54, 1.807) is 18.2 Å². The predicted octanol–water partition coefficient (Wildman–Crippen LogP) is 1.40. The molecule has 0 saturated carbocycles. The summed E-state index contributed by atoms with van der Waals surface area (Å²) in [6.45, 7) is -0.903. The van der Waals surface area contributed by atoms with Crippen LogP contribution in [0.15, 0.2) is 24.3 Å². The van der Waals surface area contributed by atoms with E-state index in [0.717, 1.165) is 0 Å². The lowest BCUT2D eigenvalue weighted by molar-refractivity contribution is -0.201. The maximum Gasteiger partial charge on any atom is 0.416 e. The Morgan fingerprint density at radius 1 is 1.40 bits per heavy atom. The van der Waals surface area contributed by atoms with E-state index in [-0.39, 0.29) is 5.69 Å². The SMILES string of the molecule is Nc1ccc2[nH]c(C(=O)NCC(O)C(F)(F)F)cc2c1. The highest BCUT2D eigenvalue weighted by Crippen LogP contribution is 2.20. The number of anilines is 1. The molecule has 5 N–H and O–H groups in total. The van der Waals surface area contributed by atoms with Crippen molar-refractivity contribution in [2.75, 3.05) is 12.3 Å². The fourth-order valence-corrected chi connectivity index (χ4v) is 1.67. The molecule has 1 aromatic heterocycles. The summed E-state index contributed by atoms with van der Waals surface area (Å²) in [5, 5.41) is 11.5. The number of nitrogens with one attached hydrogen (secondary N) is 2. The number of aliphatic hydroxyl groups excluding tert-OH is 1. The summed E-state index contributed by atoms with van der Waals surface area (Å²) in [6.07, 6.45) is -7.35. The van der Waals surface area contributed by atoms with Crippen molar-refractivity contribution >= 4 is 22.5 Å². The Morgan fingerprint density at radius 3 is 2.75 bits per heavy atom. The van der Waals surface area contributed by atoms with Gasteiger partial charge in [0.05, 0.1) is 6.54 Å². The lowest BCUT2D eigenvalue weighted by Gasteiger charge is -2.14. The van der Waals surface area contributed by atoms with Crippen molar-refractivity contribution in [3.8, 4) is 0 Å². The van der Waals surface area contributed by atoms with Crippen LogP contribution in [0.5, 0.6) is 0 Å². The van der Waals surface area contributed by atoms with Crippen molar-refractivity contribution in [2.45, 2.75) is 12.3 Å². The molecular formula is C12H12F3N3O2. The number of amides is 1. The van der Waals surface area contributed by atoms with E-state index in [2.05, 4.69) is 4.98 Å². The van der Waals surface area contributed by atoms with E-state index in [1.165, 1.54) is 6.07 Å². The average molecular weight is 287 g/mol. The number of hydrogen-bond donors (Lipinski definition) is 4. The topological polar surface area (TPSA) is 91.1 Å². The first-order valence-corrected chi connectivity index (χ1v) is 5.68. The number of hydrogen-bond acceptors (Lipinski definition) is 3. The van der Waals surface area contributed by atoms with E-state index < -0.39 is 24.7 Å². The Hall–Kier alpha value is -2.22. The molecule has 0 spiro atoms.